The molecule has 0 aliphatic heterocycles. The summed E-state index contributed by atoms with van der Waals surface area (Å²) in [6.45, 7) is 2.50. The van der Waals surface area contributed by atoms with Gasteiger partial charge in [-0.05, 0) is 6.42 Å². The van der Waals surface area contributed by atoms with E-state index in [0.717, 1.165) is 12.8 Å². The van der Waals surface area contributed by atoms with Crippen molar-refractivity contribution in [3.05, 3.63) is 12.4 Å². The molecule has 1 aromatic rings. The van der Waals surface area contributed by atoms with Crippen LogP contribution in [-0.4, -0.2) is 27.7 Å². The first-order valence-electron chi connectivity index (χ1n) is 4.96. The lowest BCUT2D eigenvalue weighted by Gasteiger charge is -2.11. The van der Waals surface area contributed by atoms with Crippen LogP contribution in [0.15, 0.2) is 12.4 Å². The molecule has 84 valence electrons. The SMILES string of the molecule is CCCC(O)CNc1cncc(NN)n1. The molecule has 5 N–H and O–H groups in total. The summed E-state index contributed by atoms with van der Waals surface area (Å²) in [4.78, 5) is 8.03. The quantitative estimate of drug-likeness (QED) is 0.400. The van der Waals surface area contributed by atoms with Crippen LogP contribution in [0.2, 0.25) is 0 Å². The summed E-state index contributed by atoms with van der Waals surface area (Å²) in [7, 11) is 0. The number of nitrogens with two attached hydrogens (primary N) is 1. The molecule has 0 saturated heterocycles. The second-order valence-corrected chi connectivity index (χ2v) is 3.26. The molecule has 15 heavy (non-hydrogen) atoms. The molecule has 0 fully saturated rings. The molecule has 0 bridgehead atoms. The fourth-order valence-corrected chi connectivity index (χ4v) is 1.18. The van der Waals surface area contributed by atoms with Gasteiger partial charge in [0.15, 0.2) is 5.82 Å². The van der Waals surface area contributed by atoms with Gasteiger partial charge in [0, 0.05) is 6.54 Å². The van der Waals surface area contributed by atoms with Crippen molar-refractivity contribution >= 4 is 11.6 Å². The van der Waals surface area contributed by atoms with Crippen LogP contribution >= 0.6 is 0 Å². The van der Waals surface area contributed by atoms with Crippen molar-refractivity contribution in [3.8, 4) is 0 Å². The highest BCUT2D eigenvalue weighted by Gasteiger charge is 2.03. The number of hydrazine groups is 1. The molecular formula is C9H17N5O. The topological polar surface area (TPSA) is 96.1 Å². The Kier molecular flexibility index (Phi) is 4.79. The van der Waals surface area contributed by atoms with Crippen LogP contribution < -0.4 is 16.6 Å². The van der Waals surface area contributed by atoms with Crippen molar-refractivity contribution in [1.82, 2.24) is 9.97 Å². The number of hydrogen-bond acceptors (Lipinski definition) is 6. The number of nitrogens with zero attached hydrogens (tertiary/aromatic N) is 2. The molecule has 0 saturated carbocycles. The van der Waals surface area contributed by atoms with E-state index < -0.39 is 0 Å². The van der Waals surface area contributed by atoms with Gasteiger partial charge < -0.3 is 15.8 Å². The molecule has 1 rings (SSSR count). The summed E-state index contributed by atoms with van der Waals surface area (Å²) in [5, 5.41) is 12.5. The van der Waals surface area contributed by atoms with Gasteiger partial charge >= 0.3 is 0 Å². The normalized spacial score (nSPS) is 12.2. The summed E-state index contributed by atoms with van der Waals surface area (Å²) < 4.78 is 0. The molecule has 0 amide bonds. The highest BCUT2D eigenvalue weighted by molar-refractivity contribution is 5.40. The van der Waals surface area contributed by atoms with Gasteiger partial charge in [0.1, 0.15) is 5.82 Å². The van der Waals surface area contributed by atoms with Crippen LogP contribution in [0.4, 0.5) is 11.6 Å². The number of aliphatic hydroxyl groups is 1. The number of anilines is 2. The average molecular weight is 211 g/mol. The van der Waals surface area contributed by atoms with E-state index in [1.54, 1.807) is 6.20 Å². The van der Waals surface area contributed by atoms with Gasteiger partial charge in [0.25, 0.3) is 0 Å². The van der Waals surface area contributed by atoms with Crippen LogP contribution in [-0.2, 0) is 0 Å². The zero-order valence-corrected chi connectivity index (χ0v) is 8.77. The number of hydrogen-bond donors (Lipinski definition) is 4. The van der Waals surface area contributed by atoms with E-state index >= 15 is 0 Å². The van der Waals surface area contributed by atoms with Crippen molar-refractivity contribution in [1.29, 1.82) is 0 Å². The fourth-order valence-electron chi connectivity index (χ4n) is 1.18. The van der Waals surface area contributed by atoms with Crippen LogP contribution in [0.1, 0.15) is 19.8 Å². The van der Waals surface area contributed by atoms with Crippen molar-refractivity contribution in [2.75, 3.05) is 17.3 Å². The van der Waals surface area contributed by atoms with Crippen LogP contribution in [0, 0.1) is 0 Å². The van der Waals surface area contributed by atoms with Crippen molar-refractivity contribution in [2.45, 2.75) is 25.9 Å². The molecule has 6 heteroatoms. The molecular weight excluding hydrogens is 194 g/mol. The van der Waals surface area contributed by atoms with Gasteiger partial charge in [-0.3, -0.25) is 4.98 Å². The van der Waals surface area contributed by atoms with Crippen LogP contribution in [0.5, 0.6) is 0 Å². The van der Waals surface area contributed by atoms with Crippen molar-refractivity contribution < 1.29 is 5.11 Å². The van der Waals surface area contributed by atoms with Gasteiger partial charge in [-0.15, -0.1) is 0 Å². The van der Waals surface area contributed by atoms with Gasteiger partial charge in [0.05, 0.1) is 18.5 Å². The van der Waals surface area contributed by atoms with E-state index in [1.165, 1.54) is 6.20 Å². The molecule has 1 unspecified atom stereocenters. The second-order valence-electron chi connectivity index (χ2n) is 3.26. The minimum atomic E-state index is -0.355. The maximum atomic E-state index is 9.49. The smallest absolute Gasteiger partial charge is 0.160 e. The molecule has 0 aliphatic rings. The first-order valence-corrected chi connectivity index (χ1v) is 4.96. The summed E-state index contributed by atoms with van der Waals surface area (Å²) in [5.41, 5.74) is 2.40. The molecule has 1 heterocycles. The lowest BCUT2D eigenvalue weighted by Crippen LogP contribution is -2.20. The lowest BCUT2D eigenvalue weighted by atomic mass is 10.2. The van der Waals surface area contributed by atoms with E-state index in [4.69, 9.17) is 5.84 Å². The minimum absolute atomic E-state index is 0.355. The Bertz CT molecular complexity index is 294. The van der Waals surface area contributed by atoms with E-state index in [9.17, 15) is 5.11 Å². The molecule has 0 spiro atoms. The Hall–Kier alpha value is -1.40. The standard InChI is InChI=1S/C9H17N5O/c1-2-3-7(15)4-12-8-5-11-6-9(13-8)14-10/h5-7,15H,2-4,10H2,1H3,(H2,12,13,14). The summed E-state index contributed by atoms with van der Waals surface area (Å²) >= 11 is 0. The number of nitrogen functional groups attached to an aromatic ring is 1. The van der Waals surface area contributed by atoms with E-state index in [0.29, 0.717) is 18.2 Å². The maximum Gasteiger partial charge on any atom is 0.160 e. The fraction of sp³-hybridized carbons (Fsp3) is 0.556. The first kappa shape index (κ1) is 11.7. The van der Waals surface area contributed by atoms with Crippen LogP contribution in [0.25, 0.3) is 0 Å². The molecule has 0 aromatic carbocycles. The second kappa shape index (κ2) is 6.15. The van der Waals surface area contributed by atoms with Gasteiger partial charge in [-0.25, -0.2) is 10.8 Å². The third kappa shape index (κ3) is 4.09. The largest absolute Gasteiger partial charge is 0.391 e. The number of aliphatic hydroxyl groups excluding tert-OH is 1. The molecule has 1 atom stereocenters. The lowest BCUT2D eigenvalue weighted by molar-refractivity contribution is 0.176. The van der Waals surface area contributed by atoms with E-state index in [2.05, 4.69) is 20.7 Å². The van der Waals surface area contributed by atoms with Crippen molar-refractivity contribution in [2.24, 2.45) is 5.84 Å². The highest BCUT2D eigenvalue weighted by atomic mass is 16.3. The Morgan fingerprint density at radius 1 is 1.47 bits per heavy atom. The minimum Gasteiger partial charge on any atom is -0.391 e. The van der Waals surface area contributed by atoms with Crippen molar-refractivity contribution in [3.63, 3.8) is 0 Å². The molecule has 6 nitrogen and oxygen atoms in total. The third-order valence-corrected chi connectivity index (χ3v) is 1.92. The molecule has 0 aliphatic carbocycles. The third-order valence-electron chi connectivity index (χ3n) is 1.92. The molecule has 0 radical (unpaired) electrons. The predicted octanol–water partition coefficient (Wildman–Crippen LogP) is 0.335. The zero-order valence-electron chi connectivity index (χ0n) is 8.77. The first-order chi connectivity index (χ1) is 7.26. The molecule has 1 aromatic heterocycles. The summed E-state index contributed by atoms with van der Waals surface area (Å²) in [6, 6.07) is 0. The van der Waals surface area contributed by atoms with E-state index in [-0.39, 0.29) is 6.10 Å². The predicted molar refractivity (Wildman–Crippen MR) is 59.2 cm³/mol. The Morgan fingerprint density at radius 2 is 2.20 bits per heavy atom. The average Bonchev–Trinajstić information content (AvgIpc) is 2.27. The monoisotopic (exact) mass is 211 g/mol. The maximum absolute atomic E-state index is 9.49. The van der Waals surface area contributed by atoms with Gasteiger partial charge in [-0.1, -0.05) is 13.3 Å². The summed E-state index contributed by atoms with van der Waals surface area (Å²) in [6.07, 6.45) is 4.48. The Labute approximate surface area is 88.9 Å². The Morgan fingerprint density at radius 3 is 2.87 bits per heavy atom. The Balaban J connectivity index is 2.43. The number of nitrogens with one attached hydrogen (secondary N) is 2. The van der Waals surface area contributed by atoms with Gasteiger partial charge in [0.2, 0.25) is 0 Å². The number of aromatic nitrogens is 2. The highest BCUT2D eigenvalue weighted by Crippen LogP contribution is 2.05. The van der Waals surface area contributed by atoms with Crippen LogP contribution in [0.3, 0.4) is 0 Å². The number of rotatable bonds is 6. The summed E-state index contributed by atoms with van der Waals surface area (Å²) in [5.74, 6) is 6.28. The van der Waals surface area contributed by atoms with Gasteiger partial charge in [-0.2, -0.15) is 0 Å². The van der Waals surface area contributed by atoms with E-state index in [1.807, 2.05) is 6.92 Å². The zero-order chi connectivity index (χ0) is 11.1.